The molecule has 1 radical (unpaired) electrons. The van der Waals surface area contributed by atoms with Gasteiger partial charge in [-0.15, -0.1) is 5.10 Å². The molecule has 1 aliphatic carbocycles. The first-order valence-electron chi connectivity index (χ1n) is 4.74. The fourth-order valence-electron chi connectivity index (χ4n) is 1.58. The number of fused-ring (bicyclic) bond motifs is 1. The number of aromatic nitrogens is 3. The molecule has 0 saturated heterocycles. The van der Waals surface area contributed by atoms with E-state index < -0.39 is 0 Å². The Morgan fingerprint density at radius 2 is 2.43 bits per heavy atom. The summed E-state index contributed by atoms with van der Waals surface area (Å²) in [6, 6.07) is 6.98. The van der Waals surface area contributed by atoms with Crippen LogP contribution in [-0.4, -0.2) is 15.0 Å². The zero-order valence-corrected chi connectivity index (χ0v) is 9.16. The summed E-state index contributed by atoms with van der Waals surface area (Å²) in [5, 5.41) is 8.29. The average Bonchev–Trinajstić information content (AvgIpc) is 2.88. The summed E-state index contributed by atoms with van der Waals surface area (Å²) in [5.41, 5.74) is 2.01. The van der Waals surface area contributed by atoms with Gasteiger partial charge in [0.2, 0.25) is 0 Å². The highest BCUT2D eigenvalue weighted by Crippen LogP contribution is 2.31. The maximum atomic E-state index is 4.15. The Morgan fingerprint density at radius 3 is 3.21 bits per heavy atom. The second kappa shape index (κ2) is 3.05. The zero-order chi connectivity index (χ0) is 9.54. The van der Waals surface area contributed by atoms with Crippen LogP contribution in [0.2, 0.25) is 0 Å². The minimum absolute atomic E-state index is 0.822. The van der Waals surface area contributed by atoms with Crippen LogP contribution in [0.4, 0.5) is 0 Å². The summed E-state index contributed by atoms with van der Waals surface area (Å²) < 4.78 is 2.89. The van der Waals surface area contributed by atoms with E-state index in [4.69, 9.17) is 0 Å². The molecule has 1 fully saturated rings. The lowest BCUT2D eigenvalue weighted by Gasteiger charge is -1.99. The zero-order valence-electron chi connectivity index (χ0n) is 7.57. The standard InChI is InChI=1S/C10H9BrN3/c11-8-2-1-3-9-10(8)12-13-14(9)6-7-4-5-7/h1,3,7H,4-6H2. The van der Waals surface area contributed by atoms with E-state index in [1.165, 1.54) is 12.8 Å². The molecule has 0 spiro atoms. The first-order chi connectivity index (χ1) is 6.84. The third-order valence-corrected chi connectivity index (χ3v) is 3.17. The van der Waals surface area contributed by atoms with E-state index >= 15 is 0 Å². The van der Waals surface area contributed by atoms with Gasteiger partial charge in [-0.1, -0.05) is 11.3 Å². The largest absolute Gasteiger partial charge is 0.244 e. The molecule has 1 aromatic carbocycles. The van der Waals surface area contributed by atoms with Crippen LogP contribution in [0.15, 0.2) is 16.6 Å². The third-order valence-electron chi connectivity index (χ3n) is 2.56. The van der Waals surface area contributed by atoms with Gasteiger partial charge in [-0.05, 0) is 46.8 Å². The number of hydrogen-bond acceptors (Lipinski definition) is 2. The maximum Gasteiger partial charge on any atom is 0.127 e. The Labute approximate surface area is 90.2 Å². The van der Waals surface area contributed by atoms with Crippen molar-refractivity contribution in [2.24, 2.45) is 5.92 Å². The van der Waals surface area contributed by atoms with Crippen LogP contribution in [0.5, 0.6) is 0 Å². The molecule has 0 N–H and O–H groups in total. The van der Waals surface area contributed by atoms with Gasteiger partial charge in [0.1, 0.15) is 5.52 Å². The van der Waals surface area contributed by atoms with Crippen LogP contribution in [0.25, 0.3) is 11.0 Å². The first-order valence-corrected chi connectivity index (χ1v) is 5.53. The van der Waals surface area contributed by atoms with Crippen LogP contribution in [0.1, 0.15) is 12.8 Å². The molecule has 0 unspecified atom stereocenters. The highest BCUT2D eigenvalue weighted by Gasteiger charge is 2.23. The molecule has 1 aromatic heterocycles. The van der Waals surface area contributed by atoms with E-state index in [1.807, 2.05) is 16.8 Å². The van der Waals surface area contributed by atoms with Gasteiger partial charge in [-0.25, -0.2) is 4.68 Å². The second-order valence-electron chi connectivity index (χ2n) is 3.74. The lowest BCUT2D eigenvalue weighted by atomic mass is 10.3. The van der Waals surface area contributed by atoms with Crippen LogP contribution < -0.4 is 0 Å². The highest BCUT2D eigenvalue weighted by molar-refractivity contribution is 9.10. The van der Waals surface area contributed by atoms with Crippen LogP contribution in [0.3, 0.4) is 0 Å². The fraction of sp³-hybridized carbons (Fsp3) is 0.400. The smallest absolute Gasteiger partial charge is 0.127 e. The Balaban J connectivity index is 2.10. The van der Waals surface area contributed by atoms with Gasteiger partial charge in [0.15, 0.2) is 0 Å². The molecule has 1 heterocycles. The molecule has 0 atom stereocenters. The van der Waals surface area contributed by atoms with Crippen molar-refractivity contribution >= 4 is 27.0 Å². The summed E-state index contributed by atoms with van der Waals surface area (Å²) in [6.07, 6.45) is 2.67. The molecule has 2 aromatic rings. The molecule has 0 amide bonds. The number of halogens is 1. The van der Waals surface area contributed by atoms with E-state index in [9.17, 15) is 0 Å². The van der Waals surface area contributed by atoms with Crippen molar-refractivity contribution in [1.82, 2.24) is 15.0 Å². The van der Waals surface area contributed by atoms with E-state index in [2.05, 4.69) is 32.3 Å². The molecule has 0 bridgehead atoms. The van der Waals surface area contributed by atoms with Crippen LogP contribution >= 0.6 is 15.9 Å². The summed E-state index contributed by atoms with van der Waals surface area (Å²) in [5.74, 6) is 0.822. The fourth-order valence-corrected chi connectivity index (χ4v) is 2.00. The maximum absolute atomic E-state index is 4.15. The molecule has 1 aliphatic rings. The van der Waals surface area contributed by atoms with Gasteiger partial charge in [-0.2, -0.15) is 0 Å². The number of benzene rings is 1. The molecule has 4 heteroatoms. The van der Waals surface area contributed by atoms with Gasteiger partial charge in [0.25, 0.3) is 0 Å². The average molecular weight is 251 g/mol. The topological polar surface area (TPSA) is 30.7 Å². The lowest BCUT2D eigenvalue weighted by molar-refractivity contribution is 0.559. The number of hydrogen-bond donors (Lipinski definition) is 0. The van der Waals surface area contributed by atoms with Crippen molar-refractivity contribution in [2.75, 3.05) is 0 Å². The molecule has 14 heavy (non-hydrogen) atoms. The lowest BCUT2D eigenvalue weighted by Crippen LogP contribution is -2.01. The van der Waals surface area contributed by atoms with Crippen LogP contribution in [-0.2, 0) is 6.54 Å². The monoisotopic (exact) mass is 250 g/mol. The summed E-state index contributed by atoms with van der Waals surface area (Å²) in [7, 11) is 0. The Morgan fingerprint density at radius 1 is 1.57 bits per heavy atom. The Bertz CT molecular complexity index is 473. The van der Waals surface area contributed by atoms with Gasteiger partial charge in [0.05, 0.1) is 9.99 Å². The van der Waals surface area contributed by atoms with Crippen LogP contribution in [0, 0.1) is 12.0 Å². The van der Waals surface area contributed by atoms with Gasteiger partial charge < -0.3 is 0 Å². The van der Waals surface area contributed by atoms with Crippen molar-refractivity contribution in [3.05, 3.63) is 22.7 Å². The number of nitrogens with zero attached hydrogens (tertiary/aromatic N) is 3. The van der Waals surface area contributed by atoms with Gasteiger partial charge >= 0.3 is 0 Å². The summed E-state index contributed by atoms with van der Waals surface area (Å²) in [4.78, 5) is 0. The predicted octanol–water partition coefficient (Wildman–Crippen LogP) is 2.40. The normalized spacial score (nSPS) is 16.4. The third kappa shape index (κ3) is 1.34. The van der Waals surface area contributed by atoms with Crippen molar-refractivity contribution in [3.63, 3.8) is 0 Å². The first kappa shape index (κ1) is 8.41. The predicted molar refractivity (Wildman–Crippen MR) is 56.8 cm³/mol. The molecule has 71 valence electrons. The molecular weight excluding hydrogens is 242 g/mol. The molecular formula is C10H9BrN3. The summed E-state index contributed by atoms with van der Waals surface area (Å²) >= 11 is 3.42. The van der Waals surface area contributed by atoms with Crippen molar-refractivity contribution < 1.29 is 0 Å². The SMILES string of the molecule is Brc1[c]ccc2c1nnn2CC1CC1. The molecule has 3 nitrogen and oxygen atoms in total. The molecule has 1 saturated carbocycles. The highest BCUT2D eigenvalue weighted by atomic mass is 79.9. The van der Waals surface area contributed by atoms with Crippen molar-refractivity contribution in [3.8, 4) is 0 Å². The minimum Gasteiger partial charge on any atom is -0.244 e. The van der Waals surface area contributed by atoms with Gasteiger partial charge in [0, 0.05) is 6.54 Å². The summed E-state index contributed by atoms with van der Waals surface area (Å²) in [6.45, 7) is 1.01. The van der Waals surface area contributed by atoms with Crippen molar-refractivity contribution in [1.29, 1.82) is 0 Å². The van der Waals surface area contributed by atoms with E-state index in [0.29, 0.717) is 0 Å². The molecule has 3 rings (SSSR count). The quantitative estimate of drug-likeness (QED) is 0.820. The minimum atomic E-state index is 0.822. The van der Waals surface area contributed by atoms with Crippen molar-refractivity contribution in [2.45, 2.75) is 19.4 Å². The Hall–Kier alpha value is -0.900. The van der Waals surface area contributed by atoms with E-state index in [1.54, 1.807) is 0 Å². The van der Waals surface area contributed by atoms with E-state index in [-0.39, 0.29) is 0 Å². The molecule has 0 aliphatic heterocycles. The van der Waals surface area contributed by atoms with Gasteiger partial charge in [-0.3, -0.25) is 0 Å². The Kier molecular flexibility index (Phi) is 1.83. The number of rotatable bonds is 2. The van der Waals surface area contributed by atoms with E-state index in [0.717, 1.165) is 28.0 Å². The second-order valence-corrected chi connectivity index (χ2v) is 4.53.